The number of rotatable bonds is 4. The van der Waals surface area contributed by atoms with Crippen LogP contribution in [0.25, 0.3) is 0 Å². The molecule has 1 heterocycles. The molecule has 0 radical (unpaired) electrons. The third-order valence-corrected chi connectivity index (χ3v) is 2.96. The minimum atomic E-state index is -0.427. The smallest absolute Gasteiger partial charge is 0.152 e. The molecule has 0 spiro atoms. The monoisotopic (exact) mass is 170 g/mol. The van der Waals surface area contributed by atoms with E-state index in [1.807, 2.05) is 0 Å². The largest absolute Gasteiger partial charge is 0.367 e. The van der Waals surface area contributed by atoms with Gasteiger partial charge in [0.2, 0.25) is 0 Å². The molecule has 0 aliphatic carbocycles. The molecule has 0 aromatic heterocycles. The van der Waals surface area contributed by atoms with E-state index in [4.69, 9.17) is 4.74 Å². The van der Waals surface area contributed by atoms with Crippen molar-refractivity contribution in [2.45, 2.75) is 45.1 Å². The van der Waals surface area contributed by atoms with E-state index in [0.29, 0.717) is 5.92 Å². The Morgan fingerprint density at radius 1 is 1.50 bits per heavy atom. The van der Waals surface area contributed by atoms with Crippen LogP contribution in [0.2, 0.25) is 0 Å². The summed E-state index contributed by atoms with van der Waals surface area (Å²) in [7, 11) is 0. The normalized spacial score (nSPS) is 29.6. The first-order valence-electron chi connectivity index (χ1n) is 4.89. The van der Waals surface area contributed by atoms with Crippen molar-refractivity contribution >= 4 is 6.29 Å². The van der Waals surface area contributed by atoms with Crippen LogP contribution in [0.5, 0.6) is 0 Å². The fourth-order valence-corrected chi connectivity index (χ4v) is 2.17. The zero-order valence-electron chi connectivity index (χ0n) is 8.01. The number of ether oxygens (including phenoxy) is 1. The van der Waals surface area contributed by atoms with Gasteiger partial charge in [-0.3, -0.25) is 0 Å². The highest BCUT2D eigenvalue weighted by molar-refractivity contribution is 5.63. The molecule has 2 nitrogen and oxygen atoms in total. The second-order valence-corrected chi connectivity index (χ2v) is 3.54. The topological polar surface area (TPSA) is 26.3 Å². The number of hydrogen-bond acceptors (Lipinski definition) is 2. The summed E-state index contributed by atoms with van der Waals surface area (Å²) in [6.07, 6.45) is 5.06. The maximum atomic E-state index is 11.0. The lowest BCUT2D eigenvalue weighted by Crippen LogP contribution is -2.38. The van der Waals surface area contributed by atoms with Crippen molar-refractivity contribution in [2.75, 3.05) is 6.61 Å². The highest BCUT2D eigenvalue weighted by Crippen LogP contribution is 2.34. The summed E-state index contributed by atoms with van der Waals surface area (Å²) in [5.41, 5.74) is -0.427. The Labute approximate surface area is 74.3 Å². The number of hydrogen-bond donors (Lipinski definition) is 0. The van der Waals surface area contributed by atoms with Crippen molar-refractivity contribution in [3.05, 3.63) is 0 Å². The average Bonchev–Trinajstić information content (AvgIpc) is 2.56. The van der Waals surface area contributed by atoms with E-state index in [2.05, 4.69) is 13.8 Å². The Hall–Kier alpha value is -0.370. The fraction of sp³-hybridized carbons (Fsp3) is 0.900. The average molecular weight is 170 g/mol. The molecule has 1 unspecified atom stereocenters. The molecule has 1 saturated heterocycles. The summed E-state index contributed by atoms with van der Waals surface area (Å²) in [4.78, 5) is 11.0. The molecule has 1 aliphatic rings. The third kappa shape index (κ3) is 1.53. The van der Waals surface area contributed by atoms with Gasteiger partial charge in [0.05, 0.1) is 0 Å². The molecular weight excluding hydrogens is 152 g/mol. The second-order valence-electron chi connectivity index (χ2n) is 3.54. The second kappa shape index (κ2) is 4.04. The van der Waals surface area contributed by atoms with Crippen LogP contribution in [0.3, 0.4) is 0 Å². The van der Waals surface area contributed by atoms with E-state index in [0.717, 1.165) is 38.6 Å². The van der Waals surface area contributed by atoms with Crippen LogP contribution in [0, 0.1) is 5.92 Å². The first kappa shape index (κ1) is 9.72. The third-order valence-electron chi connectivity index (χ3n) is 2.96. The van der Waals surface area contributed by atoms with Crippen molar-refractivity contribution in [3.63, 3.8) is 0 Å². The van der Waals surface area contributed by atoms with Crippen molar-refractivity contribution in [1.29, 1.82) is 0 Å². The van der Waals surface area contributed by atoms with Crippen molar-refractivity contribution in [1.82, 2.24) is 0 Å². The number of aldehydes is 1. The fourth-order valence-electron chi connectivity index (χ4n) is 2.17. The molecule has 1 atom stereocenters. The minimum absolute atomic E-state index is 0.414. The van der Waals surface area contributed by atoms with Crippen LogP contribution < -0.4 is 0 Å². The maximum Gasteiger partial charge on any atom is 0.152 e. The lowest BCUT2D eigenvalue weighted by Gasteiger charge is -2.30. The molecule has 2 heteroatoms. The predicted molar refractivity (Wildman–Crippen MR) is 48.1 cm³/mol. The van der Waals surface area contributed by atoms with Gasteiger partial charge in [-0.15, -0.1) is 0 Å². The van der Waals surface area contributed by atoms with Gasteiger partial charge in [-0.1, -0.05) is 26.7 Å². The van der Waals surface area contributed by atoms with Crippen molar-refractivity contribution in [2.24, 2.45) is 5.92 Å². The summed E-state index contributed by atoms with van der Waals surface area (Å²) < 4.78 is 5.57. The van der Waals surface area contributed by atoms with E-state index in [1.165, 1.54) is 0 Å². The molecule has 0 amide bonds. The van der Waals surface area contributed by atoms with Crippen molar-refractivity contribution in [3.8, 4) is 0 Å². The van der Waals surface area contributed by atoms with Gasteiger partial charge in [0, 0.05) is 6.61 Å². The van der Waals surface area contributed by atoms with Gasteiger partial charge in [-0.25, -0.2) is 0 Å². The summed E-state index contributed by atoms with van der Waals surface area (Å²) in [5.74, 6) is 0.414. The van der Waals surface area contributed by atoms with Crippen LogP contribution in [-0.2, 0) is 9.53 Å². The molecule has 0 saturated carbocycles. The highest BCUT2D eigenvalue weighted by Gasteiger charge is 2.40. The minimum Gasteiger partial charge on any atom is -0.367 e. The molecular formula is C10H18O2. The van der Waals surface area contributed by atoms with Crippen LogP contribution >= 0.6 is 0 Å². The number of carbonyl (C=O) groups excluding carboxylic acids is 1. The summed E-state index contributed by atoms with van der Waals surface area (Å²) in [5, 5.41) is 0. The number of carbonyl (C=O) groups is 1. The Morgan fingerprint density at radius 2 is 2.17 bits per heavy atom. The van der Waals surface area contributed by atoms with E-state index in [-0.39, 0.29) is 0 Å². The molecule has 1 fully saturated rings. The van der Waals surface area contributed by atoms with Gasteiger partial charge in [0.25, 0.3) is 0 Å². The Kier molecular flexibility index (Phi) is 3.27. The molecule has 12 heavy (non-hydrogen) atoms. The Morgan fingerprint density at radius 3 is 2.50 bits per heavy atom. The first-order valence-corrected chi connectivity index (χ1v) is 4.89. The van der Waals surface area contributed by atoms with Crippen LogP contribution in [0.4, 0.5) is 0 Å². The molecule has 0 N–H and O–H groups in total. The molecule has 1 aliphatic heterocycles. The first-order chi connectivity index (χ1) is 5.79. The molecule has 0 bridgehead atoms. The maximum absolute atomic E-state index is 11.0. The van der Waals surface area contributed by atoms with E-state index in [1.54, 1.807) is 0 Å². The van der Waals surface area contributed by atoms with E-state index >= 15 is 0 Å². The van der Waals surface area contributed by atoms with Gasteiger partial charge in [0.15, 0.2) is 6.29 Å². The summed E-state index contributed by atoms with van der Waals surface area (Å²) in [6.45, 7) is 5.01. The molecule has 70 valence electrons. The van der Waals surface area contributed by atoms with Gasteiger partial charge >= 0.3 is 0 Å². The Balaban J connectivity index is 2.69. The zero-order valence-corrected chi connectivity index (χ0v) is 8.01. The van der Waals surface area contributed by atoms with Gasteiger partial charge in [-0.2, -0.15) is 0 Å². The molecule has 0 aromatic carbocycles. The molecule has 0 aromatic rings. The lowest BCUT2D eigenvalue weighted by molar-refractivity contribution is -0.132. The van der Waals surface area contributed by atoms with Gasteiger partial charge in [0.1, 0.15) is 5.60 Å². The highest BCUT2D eigenvalue weighted by atomic mass is 16.5. The summed E-state index contributed by atoms with van der Waals surface area (Å²) in [6, 6.07) is 0. The van der Waals surface area contributed by atoms with Gasteiger partial charge in [-0.05, 0) is 18.8 Å². The van der Waals surface area contributed by atoms with E-state index < -0.39 is 5.60 Å². The van der Waals surface area contributed by atoms with Crippen LogP contribution in [0.15, 0.2) is 0 Å². The van der Waals surface area contributed by atoms with Crippen molar-refractivity contribution < 1.29 is 9.53 Å². The van der Waals surface area contributed by atoms with Crippen LogP contribution in [-0.4, -0.2) is 18.5 Å². The van der Waals surface area contributed by atoms with E-state index in [9.17, 15) is 4.79 Å². The zero-order chi connectivity index (χ0) is 9.03. The Bertz CT molecular complexity index is 144. The summed E-state index contributed by atoms with van der Waals surface area (Å²) >= 11 is 0. The lowest BCUT2D eigenvalue weighted by atomic mass is 9.82. The standard InChI is InChI=1S/C10H18O2/c1-3-9(4-2)10(8-11)6-5-7-12-10/h8-9H,3-7H2,1-2H3. The van der Waals surface area contributed by atoms with Crippen LogP contribution in [0.1, 0.15) is 39.5 Å². The van der Waals surface area contributed by atoms with Gasteiger partial charge < -0.3 is 9.53 Å². The SMILES string of the molecule is CCC(CC)C1(C=O)CCCO1. The molecule has 1 rings (SSSR count). The predicted octanol–water partition coefficient (Wildman–Crippen LogP) is 2.17. The quantitative estimate of drug-likeness (QED) is 0.604.